The predicted molar refractivity (Wildman–Crippen MR) is 85.8 cm³/mol. The second-order valence-corrected chi connectivity index (χ2v) is 5.16. The molecule has 0 heterocycles. The molecule has 0 fully saturated rings. The largest absolute Gasteiger partial charge is 0.494 e. The molecule has 3 heteroatoms. The van der Waals surface area contributed by atoms with Gasteiger partial charge in [0.2, 0.25) is 0 Å². The van der Waals surface area contributed by atoms with E-state index in [9.17, 15) is 0 Å². The SMILES string of the molecule is CCOc1cccc(OC(c2ccccc2C)C(C)N)c1. The smallest absolute Gasteiger partial charge is 0.139 e. The Morgan fingerprint density at radius 1 is 1.05 bits per heavy atom. The molecular formula is C18H23NO2. The molecule has 2 aromatic carbocycles. The number of ether oxygens (including phenoxy) is 2. The van der Waals surface area contributed by atoms with Crippen molar-refractivity contribution >= 4 is 0 Å². The molecule has 0 radical (unpaired) electrons. The van der Waals surface area contributed by atoms with Crippen LogP contribution >= 0.6 is 0 Å². The fourth-order valence-electron chi connectivity index (χ4n) is 2.31. The number of nitrogens with two attached hydrogens (primary N) is 1. The maximum Gasteiger partial charge on any atom is 0.139 e. The fourth-order valence-corrected chi connectivity index (χ4v) is 2.31. The summed E-state index contributed by atoms with van der Waals surface area (Å²) in [6.45, 7) is 6.64. The summed E-state index contributed by atoms with van der Waals surface area (Å²) in [5.74, 6) is 1.58. The lowest BCUT2D eigenvalue weighted by atomic mass is 9.99. The zero-order chi connectivity index (χ0) is 15.2. The Balaban J connectivity index is 2.25. The zero-order valence-corrected chi connectivity index (χ0v) is 12.9. The van der Waals surface area contributed by atoms with Crippen molar-refractivity contribution in [1.29, 1.82) is 0 Å². The van der Waals surface area contributed by atoms with Gasteiger partial charge in [-0.1, -0.05) is 30.3 Å². The molecule has 0 aliphatic heterocycles. The summed E-state index contributed by atoms with van der Waals surface area (Å²) < 4.78 is 11.6. The molecule has 3 nitrogen and oxygen atoms in total. The molecule has 0 bridgehead atoms. The number of benzene rings is 2. The minimum atomic E-state index is -0.178. The third kappa shape index (κ3) is 3.99. The van der Waals surface area contributed by atoms with Crippen molar-refractivity contribution in [1.82, 2.24) is 0 Å². The van der Waals surface area contributed by atoms with Crippen molar-refractivity contribution in [3.63, 3.8) is 0 Å². The van der Waals surface area contributed by atoms with Gasteiger partial charge >= 0.3 is 0 Å². The van der Waals surface area contributed by atoms with Crippen molar-refractivity contribution in [2.24, 2.45) is 5.73 Å². The summed E-state index contributed by atoms with van der Waals surface area (Å²) in [5, 5.41) is 0. The van der Waals surface area contributed by atoms with Gasteiger partial charge < -0.3 is 15.2 Å². The van der Waals surface area contributed by atoms with E-state index in [0.29, 0.717) is 6.61 Å². The third-order valence-corrected chi connectivity index (χ3v) is 3.35. The van der Waals surface area contributed by atoms with Crippen molar-refractivity contribution in [2.45, 2.75) is 32.9 Å². The van der Waals surface area contributed by atoms with Crippen LogP contribution in [0.3, 0.4) is 0 Å². The third-order valence-electron chi connectivity index (χ3n) is 3.35. The summed E-state index contributed by atoms with van der Waals surface area (Å²) in [6.07, 6.45) is -0.178. The zero-order valence-electron chi connectivity index (χ0n) is 12.9. The van der Waals surface area contributed by atoms with Gasteiger partial charge in [-0.2, -0.15) is 0 Å². The highest BCUT2D eigenvalue weighted by Gasteiger charge is 2.20. The molecule has 0 spiro atoms. The van der Waals surface area contributed by atoms with E-state index in [1.807, 2.05) is 50.2 Å². The van der Waals surface area contributed by atoms with E-state index < -0.39 is 0 Å². The first-order chi connectivity index (χ1) is 10.1. The van der Waals surface area contributed by atoms with Crippen LogP contribution in [0.2, 0.25) is 0 Å². The highest BCUT2D eigenvalue weighted by atomic mass is 16.5. The normalized spacial score (nSPS) is 13.5. The van der Waals surface area contributed by atoms with Gasteiger partial charge in [0.1, 0.15) is 17.6 Å². The van der Waals surface area contributed by atoms with Crippen molar-refractivity contribution in [3.05, 3.63) is 59.7 Å². The fraction of sp³-hybridized carbons (Fsp3) is 0.333. The van der Waals surface area contributed by atoms with Crippen LogP contribution < -0.4 is 15.2 Å². The van der Waals surface area contributed by atoms with E-state index in [-0.39, 0.29) is 12.1 Å². The van der Waals surface area contributed by atoms with Crippen LogP contribution in [0.25, 0.3) is 0 Å². The van der Waals surface area contributed by atoms with E-state index in [0.717, 1.165) is 17.1 Å². The van der Waals surface area contributed by atoms with Gasteiger partial charge in [-0.15, -0.1) is 0 Å². The first-order valence-corrected chi connectivity index (χ1v) is 7.32. The molecule has 0 amide bonds. The van der Waals surface area contributed by atoms with Crippen LogP contribution in [0.15, 0.2) is 48.5 Å². The van der Waals surface area contributed by atoms with Crippen molar-refractivity contribution in [3.8, 4) is 11.5 Å². The molecule has 0 aliphatic rings. The van der Waals surface area contributed by atoms with E-state index in [2.05, 4.69) is 19.1 Å². The molecule has 0 saturated carbocycles. The van der Waals surface area contributed by atoms with Gasteiger partial charge in [-0.25, -0.2) is 0 Å². The summed E-state index contributed by atoms with van der Waals surface area (Å²) in [4.78, 5) is 0. The van der Waals surface area contributed by atoms with Gasteiger partial charge in [0.15, 0.2) is 0 Å². The van der Waals surface area contributed by atoms with E-state index in [1.54, 1.807) is 0 Å². The van der Waals surface area contributed by atoms with E-state index in [4.69, 9.17) is 15.2 Å². The van der Waals surface area contributed by atoms with Crippen molar-refractivity contribution < 1.29 is 9.47 Å². The summed E-state index contributed by atoms with van der Waals surface area (Å²) in [5.41, 5.74) is 8.43. The Hall–Kier alpha value is -2.00. The van der Waals surface area contributed by atoms with Crippen LogP contribution in [-0.2, 0) is 0 Å². The molecule has 112 valence electrons. The Bertz CT molecular complexity index is 581. The second-order valence-electron chi connectivity index (χ2n) is 5.16. The molecule has 0 saturated heterocycles. The molecule has 0 aromatic heterocycles. The van der Waals surface area contributed by atoms with Crippen LogP contribution in [0.4, 0.5) is 0 Å². The lowest BCUT2D eigenvalue weighted by molar-refractivity contribution is 0.179. The van der Waals surface area contributed by atoms with Gasteiger partial charge in [0.05, 0.1) is 6.61 Å². The summed E-state index contributed by atoms with van der Waals surface area (Å²) >= 11 is 0. The Kier molecular flexibility index (Phi) is 5.23. The Morgan fingerprint density at radius 3 is 2.43 bits per heavy atom. The van der Waals surface area contributed by atoms with Gasteiger partial charge in [0, 0.05) is 12.1 Å². The Morgan fingerprint density at radius 2 is 1.76 bits per heavy atom. The van der Waals surface area contributed by atoms with Gasteiger partial charge in [-0.3, -0.25) is 0 Å². The molecule has 2 atom stereocenters. The van der Waals surface area contributed by atoms with Crippen LogP contribution in [-0.4, -0.2) is 12.6 Å². The topological polar surface area (TPSA) is 44.5 Å². The van der Waals surface area contributed by atoms with Crippen molar-refractivity contribution in [2.75, 3.05) is 6.61 Å². The second kappa shape index (κ2) is 7.14. The first-order valence-electron chi connectivity index (χ1n) is 7.32. The quantitative estimate of drug-likeness (QED) is 0.876. The maximum absolute atomic E-state index is 6.13. The van der Waals surface area contributed by atoms with Gasteiger partial charge in [-0.05, 0) is 44.0 Å². The number of hydrogen-bond donors (Lipinski definition) is 1. The molecular weight excluding hydrogens is 262 g/mol. The van der Waals surface area contributed by atoms with E-state index >= 15 is 0 Å². The monoisotopic (exact) mass is 285 g/mol. The van der Waals surface area contributed by atoms with Gasteiger partial charge in [0.25, 0.3) is 0 Å². The summed E-state index contributed by atoms with van der Waals surface area (Å²) in [6, 6.07) is 15.7. The standard InChI is InChI=1S/C18H23NO2/c1-4-20-15-9-7-10-16(12-15)21-18(14(3)19)17-11-6-5-8-13(17)2/h5-12,14,18H,4,19H2,1-3H3. The van der Waals surface area contributed by atoms with E-state index in [1.165, 1.54) is 5.56 Å². The molecule has 2 rings (SSSR count). The number of rotatable bonds is 6. The Labute approximate surface area is 126 Å². The molecule has 2 unspecified atom stereocenters. The predicted octanol–water partition coefficient (Wildman–Crippen LogP) is 3.86. The average molecular weight is 285 g/mol. The van der Waals surface area contributed by atoms with Crippen LogP contribution in [0.1, 0.15) is 31.1 Å². The molecule has 2 N–H and O–H groups in total. The average Bonchev–Trinajstić information content (AvgIpc) is 2.46. The number of aryl methyl sites for hydroxylation is 1. The molecule has 21 heavy (non-hydrogen) atoms. The first kappa shape index (κ1) is 15.4. The molecule has 2 aromatic rings. The minimum Gasteiger partial charge on any atom is -0.494 e. The van der Waals surface area contributed by atoms with Crippen LogP contribution in [0.5, 0.6) is 11.5 Å². The molecule has 0 aliphatic carbocycles. The number of hydrogen-bond acceptors (Lipinski definition) is 3. The lowest BCUT2D eigenvalue weighted by Crippen LogP contribution is -2.29. The van der Waals surface area contributed by atoms with Crippen LogP contribution in [0, 0.1) is 6.92 Å². The minimum absolute atomic E-state index is 0.109. The highest BCUT2D eigenvalue weighted by molar-refractivity contribution is 5.35. The maximum atomic E-state index is 6.13. The summed E-state index contributed by atoms with van der Waals surface area (Å²) in [7, 11) is 0. The lowest BCUT2D eigenvalue weighted by Gasteiger charge is -2.24. The highest BCUT2D eigenvalue weighted by Crippen LogP contribution is 2.28.